The number of amides is 1. The van der Waals surface area contributed by atoms with E-state index in [1.165, 1.54) is 12.4 Å². The van der Waals surface area contributed by atoms with Crippen molar-refractivity contribution < 1.29 is 22.5 Å². The van der Waals surface area contributed by atoms with Gasteiger partial charge in [-0.3, -0.25) is 4.79 Å². The van der Waals surface area contributed by atoms with Crippen molar-refractivity contribution in [1.29, 1.82) is 0 Å². The molecule has 1 aromatic carbocycles. The molecule has 13 heteroatoms. The second-order valence-electron chi connectivity index (χ2n) is 10.8. The molecule has 3 aliphatic rings. The van der Waals surface area contributed by atoms with E-state index in [1.54, 1.807) is 4.90 Å². The van der Waals surface area contributed by atoms with Gasteiger partial charge in [-0.2, -0.15) is 4.98 Å². The van der Waals surface area contributed by atoms with Gasteiger partial charge < -0.3 is 25.0 Å². The third kappa shape index (κ3) is 5.09. The molecule has 4 heterocycles. The zero-order valence-corrected chi connectivity index (χ0v) is 22.1. The average molecular weight is 557 g/mol. The molecule has 2 aromatic heterocycles. The Morgan fingerprint density at radius 3 is 2.40 bits per heavy atom. The summed E-state index contributed by atoms with van der Waals surface area (Å²) in [5.74, 6) is -2.36. The first-order valence-electron chi connectivity index (χ1n) is 13.7. The summed E-state index contributed by atoms with van der Waals surface area (Å²) < 4.78 is 47.0. The maximum absolute atomic E-state index is 14.4. The van der Waals surface area contributed by atoms with Gasteiger partial charge in [-0.1, -0.05) is 5.16 Å². The molecule has 0 radical (unpaired) electrons. The molecule has 1 saturated carbocycles. The molecular formula is C27H31F3N8O2. The first kappa shape index (κ1) is 26.5. The Bertz CT molecular complexity index is 1370. The van der Waals surface area contributed by atoms with Crippen LogP contribution >= 0.6 is 0 Å². The number of nitrogens with two attached hydrogens (primary N) is 1. The Labute approximate surface area is 229 Å². The highest BCUT2D eigenvalue weighted by Gasteiger charge is 2.36. The van der Waals surface area contributed by atoms with Gasteiger partial charge in [-0.05, 0) is 44.2 Å². The molecule has 0 spiro atoms. The normalized spacial score (nSPS) is 21.7. The van der Waals surface area contributed by atoms with Crippen molar-refractivity contribution in [2.24, 2.45) is 5.73 Å². The van der Waals surface area contributed by atoms with E-state index in [4.69, 9.17) is 10.3 Å². The number of nitrogens with zero attached hydrogens (tertiary/aromatic N) is 7. The largest absolute Gasteiger partial charge is 0.339 e. The highest BCUT2D eigenvalue weighted by atomic mass is 19.2. The summed E-state index contributed by atoms with van der Waals surface area (Å²) in [6, 6.07) is 1.48. The molecule has 0 bridgehead atoms. The van der Waals surface area contributed by atoms with Crippen LogP contribution in [0.25, 0.3) is 0 Å². The fraction of sp³-hybridized carbons (Fsp3) is 0.519. The minimum absolute atomic E-state index is 0.0211. The van der Waals surface area contributed by atoms with Gasteiger partial charge in [0.1, 0.15) is 5.82 Å². The summed E-state index contributed by atoms with van der Waals surface area (Å²) in [4.78, 5) is 32.3. The molecule has 1 aliphatic carbocycles. The van der Waals surface area contributed by atoms with Crippen LogP contribution in [0.5, 0.6) is 0 Å². The van der Waals surface area contributed by atoms with Gasteiger partial charge in [0.2, 0.25) is 5.95 Å². The van der Waals surface area contributed by atoms with Crippen LogP contribution in [0.3, 0.4) is 0 Å². The van der Waals surface area contributed by atoms with Crippen LogP contribution < -0.4 is 15.5 Å². The highest BCUT2D eigenvalue weighted by molar-refractivity contribution is 5.94. The Balaban J connectivity index is 1.08. The first-order chi connectivity index (χ1) is 19.3. The van der Waals surface area contributed by atoms with E-state index in [0.717, 1.165) is 37.6 Å². The fourth-order valence-corrected chi connectivity index (χ4v) is 5.70. The quantitative estimate of drug-likeness (QED) is 0.438. The topological polar surface area (TPSA) is 118 Å². The van der Waals surface area contributed by atoms with Gasteiger partial charge in [-0.15, -0.1) is 0 Å². The predicted octanol–water partition coefficient (Wildman–Crippen LogP) is 3.22. The van der Waals surface area contributed by atoms with E-state index in [9.17, 15) is 18.0 Å². The summed E-state index contributed by atoms with van der Waals surface area (Å²) in [5, 5.41) is 4.10. The van der Waals surface area contributed by atoms with Crippen molar-refractivity contribution in [3.63, 3.8) is 0 Å². The lowest BCUT2D eigenvalue weighted by atomic mass is 9.94. The van der Waals surface area contributed by atoms with Gasteiger partial charge in [0.15, 0.2) is 17.5 Å². The summed E-state index contributed by atoms with van der Waals surface area (Å²) in [6.07, 6.45) is 6.74. The maximum Gasteiger partial charge on any atom is 0.324 e. The van der Waals surface area contributed by atoms with Crippen molar-refractivity contribution in [2.75, 3.05) is 42.5 Å². The Kier molecular flexibility index (Phi) is 7.07. The van der Waals surface area contributed by atoms with Crippen LogP contribution in [0.1, 0.15) is 66.2 Å². The average Bonchev–Trinajstić information content (AvgIpc) is 3.56. The maximum atomic E-state index is 14.4. The molecule has 1 amide bonds. The number of rotatable bonds is 7. The highest BCUT2D eigenvalue weighted by Crippen LogP contribution is 2.39. The lowest BCUT2D eigenvalue weighted by molar-refractivity contribution is 0.0661. The zero-order valence-electron chi connectivity index (χ0n) is 22.1. The lowest BCUT2D eigenvalue weighted by Crippen LogP contribution is -2.47. The summed E-state index contributed by atoms with van der Waals surface area (Å²) in [6.45, 7) is 4.45. The van der Waals surface area contributed by atoms with Crippen LogP contribution in [0.4, 0.5) is 25.1 Å². The van der Waals surface area contributed by atoms with Crippen molar-refractivity contribution >= 4 is 17.9 Å². The molecule has 3 aromatic rings. The second-order valence-corrected chi connectivity index (χ2v) is 10.8. The number of aromatic nitrogens is 4. The molecule has 2 unspecified atom stereocenters. The smallest absolute Gasteiger partial charge is 0.324 e. The van der Waals surface area contributed by atoms with Crippen molar-refractivity contribution in [3.05, 3.63) is 58.9 Å². The SMILES string of the molecule is CCN(C(=O)c1cnc(N2CC(N)C(c3cc(F)c(F)cc3F)C2)nc1)C1CCN(c2nc(C3CC3)no2)CC1. The summed E-state index contributed by atoms with van der Waals surface area (Å²) in [5.41, 5.74) is 6.61. The third-order valence-corrected chi connectivity index (χ3v) is 8.12. The molecule has 2 atom stereocenters. The first-order valence-corrected chi connectivity index (χ1v) is 13.7. The van der Waals surface area contributed by atoms with E-state index in [2.05, 4.69) is 25.0 Å². The molecule has 2 aliphatic heterocycles. The van der Waals surface area contributed by atoms with Crippen LogP contribution in [-0.2, 0) is 0 Å². The minimum Gasteiger partial charge on any atom is -0.339 e. The number of carbonyl (C=O) groups is 1. The van der Waals surface area contributed by atoms with E-state index in [-0.39, 0.29) is 24.1 Å². The van der Waals surface area contributed by atoms with Gasteiger partial charge in [0.25, 0.3) is 5.91 Å². The number of benzene rings is 1. The van der Waals surface area contributed by atoms with Crippen molar-refractivity contribution in [3.8, 4) is 0 Å². The van der Waals surface area contributed by atoms with Gasteiger partial charge in [-0.25, -0.2) is 23.1 Å². The summed E-state index contributed by atoms with van der Waals surface area (Å²) >= 11 is 0. The van der Waals surface area contributed by atoms with Gasteiger partial charge >= 0.3 is 6.01 Å². The second kappa shape index (κ2) is 10.7. The van der Waals surface area contributed by atoms with Crippen molar-refractivity contribution in [2.45, 2.75) is 56.5 Å². The van der Waals surface area contributed by atoms with Crippen LogP contribution in [-0.4, -0.2) is 75.7 Å². The lowest BCUT2D eigenvalue weighted by Gasteiger charge is -2.37. The molecule has 2 saturated heterocycles. The number of piperidine rings is 1. The Morgan fingerprint density at radius 1 is 1.02 bits per heavy atom. The number of hydrogen-bond donors (Lipinski definition) is 1. The van der Waals surface area contributed by atoms with Crippen molar-refractivity contribution in [1.82, 2.24) is 25.0 Å². The number of hydrogen-bond acceptors (Lipinski definition) is 9. The Hall–Kier alpha value is -3.74. The zero-order chi connectivity index (χ0) is 28.0. The molecular weight excluding hydrogens is 525 g/mol. The molecule has 40 heavy (non-hydrogen) atoms. The van der Waals surface area contributed by atoms with Crippen LogP contribution in [0.2, 0.25) is 0 Å². The molecule has 10 nitrogen and oxygen atoms in total. The third-order valence-electron chi connectivity index (χ3n) is 8.12. The number of carbonyl (C=O) groups excluding carboxylic acids is 1. The Morgan fingerprint density at radius 2 is 1.73 bits per heavy atom. The minimum atomic E-state index is -1.24. The van der Waals surface area contributed by atoms with E-state index >= 15 is 0 Å². The van der Waals surface area contributed by atoms with Crippen LogP contribution in [0, 0.1) is 17.5 Å². The van der Waals surface area contributed by atoms with E-state index < -0.39 is 29.4 Å². The molecule has 2 N–H and O–H groups in total. The van der Waals surface area contributed by atoms with E-state index in [1.807, 2.05) is 11.8 Å². The molecule has 6 rings (SSSR count). The standard InChI is InChI=1S/C27H31F3N8O2/c1-2-38(17-5-7-36(8-6-17)27-34-24(35-40-27)15-3-4-15)25(39)16-11-32-26(33-12-16)37-13-19(23(31)14-37)18-9-21(29)22(30)10-20(18)28/h9-12,15,17,19,23H,2-8,13-14,31H2,1H3. The van der Waals surface area contributed by atoms with Gasteiger partial charge in [0, 0.05) is 75.1 Å². The van der Waals surface area contributed by atoms with Gasteiger partial charge in [0.05, 0.1) is 5.56 Å². The fourth-order valence-electron chi connectivity index (χ4n) is 5.70. The molecule has 3 fully saturated rings. The number of anilines is 2. The summed E-state index contributed by atoms with van der Waals surface area (Å²) in [7, 11) is 0. The van der Waals surface area contributed by atoms with Crippen LogP contribution in [0.15, 0.2) is 29.0 Å². The molecule has 212 valence electrons. The number of halogens is 3. The predicted molar refractivity (Wildman–Crippen MR) is 139 cm³/mol. The monoisotopic (exact) mass is 556 g/mol. The van der Waals surface area contributed by atoms with E-state index in [0.29, 0.717) is 55.7 Å².